The monoisotopic (exact) mass is 547 g/mol. The van der Waals surface area contributed by atoms with E-state index in [1.807, 2.05) is 83.8 Å². The van der Waals surface area contributed by atoms with Gasteiger partial charge in [-0.15, -0.1) is 0 Å². The van der Waals surface area contributed by atoms with Crippen LogP contribution < -0.4 is 10.8 Å². The molecule has 4 rings (SSSR count). The zero-order valence-electron chi connectivity index (χ0n) is 22.4. The molecule has 2 amide bonds. The molecule has 3 N–H and O–H groups in total. The summed E-state index contributed by atoms with van der Waals surface area (Å²) in [6.45, 7) is 0.434. The lowest BCUT2D eigenvalue weighted by Gasteiger charge is -2.25. The number of hydrogen-bond acceptors (Lipinski definition) is 7. The van der Waals surface area contributed by atoms with Crippen molar-refractivity contribution in [3.8, 4) is 11.1 Å². The van der Waals surface area contributed by atoms with E-state index in [1.54, 1.807) is 7.05 Å². The predicted molar refractivity (Wildman–Crippen MR) is 147 cm³/mol. The number of carbonyl (C=O) groups excluding carboxylic acids is 2. The number of carboxylic acids is 1. The maximum Gasteiger partial charge on any atom is 0.407 e. The number of likely N-dealkylation sites (N-methyl/N-ethyl adjacent to an activating group) is 1. The molecule has 0 bridgehead atoms. The predicted octanol–water partition coefficient (Wildman–Crippen LogP) is 3.17. The molecule has 1 aliphatic rings. The Morgan fingerprint density at radius 3 is 2.12 bits per heavy atom. The lowest BCUT2D eigenvalue weighted by molar-refractivity contribution is -0.165. The molecule has 0 heterocycles. The number of aliphatic carboxylic acids is 1. The van der Waals surface area contributed by atoms with Gasteiger partial charge in [-0.1, -0.05) is 78.9 Å². The Balaban J connectivity index is 1.42. The van der Waals surface area contributed by atoms with Crippen LogP contribution in [0.5, 0.6) is 0 Å². The second kappa shape index (κ2) is 13.7. The van der Waals surface area contributed by atoms with Gasteiger partial charge in [-0.05, 0) is 34.9 Å². The van der Waals surface area contributed by atoms with Gasteiger partial charge < -0.3 is 19.9 Å². The van der Waals surface area contributed by atoms with Crippen molar-refractivity contribution in [2.75, 3.05) is 33.9 Å². The summed E-state index contributed by atoms with van der Waals surface area (Å²) in [5.74, 6) is -2.17. The average molecular weight is 548 g/mol. The largest absolute Gasteiger partial charge is 0.479 e. The number of methoxy groups -OCH3 is 1. The fourth-order valence-electron chi connectivity index (χ4n) is 4.76. The molecule has 2 atom stereocenters. The molecule has 0 saturated heterocycles. The second-order valence-electron chi connectivity index (χ2n) is 9.57. The minimum atomic E-state index is -1.41. The van der Waals surface area contributed by atoms with Gasteiger partial charge in [-0.3, -0.25) is 14.5 Å². The summed E-state index contributed by atoms with van der Waals surface area (Å²) in [5, 5.41) is 11.9. The van der Waals surface area contributed by atoms with Crippen molar-refractivity contribution in [2.24, 2.45) is 0 Å². The van der Waals surface area contributed by atoms with E-state index in [1.165, 1.54) is 7.11 Å². The molecule has 0 aliphatic heterocycles. The van der Waals surface area contributed by atoms with Crippen molar-refractivity contribution >= 4 is 18.0 Å². The minimum Gasteiger partial charge on any atom is -0.479 e. The molecule has 1 aliphatic carbocycles. The normalized spacial score (nSPS) is 13.7. The zero-order chi connectivity index (χ0) is 28.5. The number of hydroxylamine groups is 1. The Labute approximate surface area is 232 Å². The van der Waals surface area contributed by atoms with Gasteiger partial charge in [0.2, 0.25) is 6.10 Å². The fraction of sp³-hybridized carbons (Fsp3) is 0.300. The first-order valence-electron chi connectivity index (χ1n) is 12.9. The summed E-state index contributed by atoms with van der Waals surface area (Å²) in [7, 11) is 3.12. The minimum absolute atomic E-state index is 0.0828. The first-order valence-corrected chi connectivity index (χ1v) is 12.9. The molecule has 210 valence electrons. The van der Waals surface area contributed by atoms with E-state index in [4.69, 9.17) is 14.3 Å². The van der Waals surface area contributed by atoms with Crippen LogP contribution in [-0.4, -0.2) is 74.0 Å². The van der Waals surface area contributed by atoms with E-state index in [0.29, 0.717) is 6.54 Å². The molecule has 0 spiro atoms. The van der Waals surface area contributed by atoms with Crippen LogP contribution in [0.15, 0.2) is 78.9 Å². The van der Waals surface area contributed by atoms with E-state index in [-0.39, 0.29) is 25.7 Å². The molecule has 2 unspecified atom stereocenters. The van der Waals surface area contributed by atoms with Gasteiger partial charge in [0.15, 0.2) is 0 Å². The van der Waals surface area contributed by atoms with E-state index in [2.05, 4.69) is 10.8 Å². The number of nitrogens with zero attached hydrogens (tertiary/aromatic N) is 1. The average Bonchev–Trinajstić information content (AvgIpc) is 3.27. The van der Waals surface area contributed by atoms with Crippen molar-refractivity contribution in [3.63, 3.8) is 0 Å². The maximum atomic E-state index is 13.0. The molecular weight excluding hydrogens is 514 g/mol. The highest BCUT2D eigenvalue weighted by molar-refractivity contribution is 5.85. The SMILES string of the molecule is COCC(ONC(=O)C(CN(C)Cc1ccccc1)NC(=O)OCC1c2ccccc2-c2ccccc21)C(=O)O. The van der Waals surface area contributed by atoms with Crippen molar-refractivity contribution in [2.45, 2.75) is 24.6 Å². The van der Waals surface area contributed by atoms with E-state index >= 15 is 0 Å². The number of fused-ring (bicyclic) bond motifs is 3. The summed E-state index contributed by atoms with van der Waals surface area (Å²) in [6, 6.07) is 24.5. The molecule has 10 nitrogen and oxygen atoms in total. The highest BCUT2D eigenvalue weighted by Crippen LogP contribution is 2.44. The van der Waals surface area contributed by atoms with Gasteiger partial charge in [-0.25, -0.2) is 15.1 Å². The molecule has 0 fully saturated rings. The number of carbonyl (C=O) groups is 3. The zero-order valence-corrected chi connectivity index (χ0v) is 22.4. The Morgan fingerprint density at radius 2 is 1.52 bits per heavy atom. The summed E-state index contributed by atoms with van der Waals surface area (Å²) >= 11 is 0. The van der Waals surface area contributed by atoms with Gasteiger partial charge in [0.05, 0.1) is 6.61 Å². The second-order valence-corrected chi connectivity index (χ2v) is 9.57. The van der Waals surface area contributed by atoms with Gasteiger partial charge in [-0.2, -0.15) is 0 Å². The first kappa shape index (κ1) is 28.8. The van der Waals surface area contributed by atoms with E-state index < -0.39 is 30.1 Å². The van der Waals surface area contributed by atoms with Crippen LogP contribution in [0.2, 0.25) is 0 Å². The van der Waals surface area contributed by atoms with E-state index in [0.717, 1.165) is 27.8 Å². The lowest BCUT2D eigenvalue weighted by atomic mass is 9.98. The van der Waals surface area contributed by atoms with Crippen LogP contribution in [0, 0.1) is 0 Å². The highest BCUT2D eigenvalue weighted by atomic mass is 16.7. The standard InChI is InChI=1S/C30H33N3O7/c1-33(16-20-10-4-3-5-11-20)17-26(28(34)32-40-27(19-38-2)29(35)36)31-30(37)39-18-25-23-14-8-6-12-21(23)22-13-7-9-15-24(22)25/h3-15,25-27H,16-19H2,1-2H3,(H,31,37)(H,32,34)(H,35,36). The molecule has 0 aromatic heterocycles. The Hall–Kier alpha value is -4.25. The number of benzene rings is 3. The molecule has 0 radical (unpaired) electrons. The highest BCUT2D eigenvalue weighted by Gasteiger charge is 2.30. The molecule has 0 saturated carbocycles. The Morgan fingerprint density at radius 1 is 0.925 bits per heavy atom. The quantitative estimate of drug-likeness (QED) is 0.279. The van der Waals surface area contributed by atoms with Gasteiger partial charge in [0, 0.05) is 26.1 Å². The van der Waals surface area contributed by atoms with Crippen LogP contribution in [-0.2, 0) is 30.4 Å². The summed E-state index contributed by atoms with van der Waals surface area (Å²) in [6.07, 6.45) is -2.19. The summed E-state index contributed by atoms with van der Waals surface area (Å²) in [5.41, 5.74) is 7.52. The van der Waals surface area contributed by atoms with Gasteiger partial charge >= 0.3 is 12.1 Å². The molecule has 3 aromatic carbocycles. The van der Waals surface area contributed by atoms with Crippen molar-refractivity contribution < 1.29 is 33.8 Å². The summed E-state index contributed by atoms with van der Waals surface area (Å²) in [4.78, 5) is 44.2. The van der Waals surface area contributed by atoms with Gasteiger partial charge in [0.25, 0.3) is 5.91 Å². The van der Waals surface area contributed by atoms with Crippen LogP contribution in [0.3, 0.4) is 0 Å². The lowest BCUT2D eigenvalue weighted by Crippen LogP contribution is -2.53. The number of nitrogens with one attached hydrogen (secondary N) is 2. The van der Waals surface area contributed by atoms with Crippen molar-refractivity contribution in [1.82, 2.24) is 15.7 Å². The Bertz CT molecular complexity index is 1270. The van der Waals surface area contributed by atoms with E-state index in [9.17, 15) is 19.5 Å². The third-order valence-electron chi connectivity index (χ3n) is 6.64. The van der Waals surface area contributed by atoms with Crippen LogP contribution >= 0.6 is 0 Å². The van der Waals surface area contributed by atoms with Gasteiger partial charge in [0.1, 0.15) is 12.6 Å². The number of ether oxygens (including phenoxy) is 2. The summed E-state index contributed by atoms with van der Waals surface area (Å²) < 4.78 is 10.4. The number of carboxylic acid groups (broad SMARTS) is 1. The number of hydrogen-bond donors (Lipinski definition) is 3. The number of alkyl carbamates (subject to hydrolysis) is 1. The van der Waals surface area contributed by atoms with Crippen LogP contribution in [0.4, 0.5) is 4.79 Å². The number of amides is 2. The van der Waals surface area contributed by atoms with Crippen LogP contribution in [0.1, 0.15) is 22.6 Å². The third-order valence-corrected chi connectivity index (χ3v) is 6.64. The smallest absolute Gasteiger partial charge is 0.407 e. The Kier molecular flexibility index (Phi) is 9.85. The fourth-order valence-corrected chi connectivity index (χ4v) is 4.76. The van der Waals surface area contributed by atoms with Crippen LogP contribution in [0.25, 0.3) is 11.1 Å². The third kappa shape index (κ3) is 7.23. The van der Waals surface area contributed by atoms with Crippen molar-refractivity contribution in [1.29, 1.82) is 0 Å². The number of rotatable bonds is 13. The molecular formula is C30H33N3O7. The molecule has 40 heavy (non-hydrogen) atoms. The van der Waals surface area contributed by atoms with Crippen molar-refractivity contribution in [3.05, 3.63) is 95.6 Å². The molecule has 3 aromatic rings. The molecule has 10 heteroatoms. The topological polar surface area (TPSA) is 126 Å². The first-order chi connectivity index (χ1) is 19.4. The maximum absolute atomic E-state index is 13.0.